The molecule has 1 aliphatic heterocycles. The molecule has 0 atom stereocenters. The van der Waals surface area contributed by atoms with Crippen LogP contribution in [0.4, 0.5) is 5.82 Å². The molecule has 0 spiro atoms. The van der Waals surface area contributed by atoms with Gasteiger partial charge in [-0.25, -0.2) is 0 Å². The fraction of sp³-hybridized carbons (Fsp3) is 0.455. The molecule has 162 valence electrons. The Morgan fingerprint density at radius 2 is 2.03 bits per heavy atom. The van der Waals surface area contributed by atoms with Crippen LogP contribution in [-0.2, 0) is 5.60 Å². The van der Waals surface area contributed by atoms with Crippen LogP contribution in [-0.4, -0.2) is 40.9 Å². The second-order valence-corrected chi connectivity index (χ2v) is 8.60. The summed E-state index contributed by atoms with van der Waals surface area (Å²) >= 11 is 6.21. The minimum atomic E-state index is -0.800. The van der Waals surface area contributed by atoms with Crippen molar-refractivity contribution in [2.24, 2.45) is 11.7 Å². The van der Waals surface area contributed by atoms with Crippen molar-refractivity contribution in [2.75, 3.05) is 24.6 Å². The first-order valence-corrected chi connectivity index (χ1v) is 10.8. The SMILES string of the molecule is N#Cc1ccc(OC2(c3cc(N4CC(CO)C4)nnc3C(N)=O)CCCCC2)cc1Cl. The predicted molar refractivity (Wildman–Crippen MR) is 115 cm³/mol. The number of benzene rings is 1. The van der Waals surface area contributed by atoms with E-state index in [9.17, 15) is 9.90 Å². The first-order valence-electron chi connectivity index (χ1n) is 10.4. The second-order valence-electron chi connectivity index (χ2n) is 8.19. The Kier molecular flexibility index (Phi) is 5.99. The monoisotopic (exact) mass is 441 g/mol. The summed E-state index contributed by atoms with van der Waals surface area (Å²) in [6, 6.07) is 8.84. The van der Waals surface area contributed by atoms with Gasteiger partial charge in [0.15, 0.2) is 11.5 Å². The summed E-state index contributed by atoms with van der Waals surface area (Å²) in [5.41, 5.74) is 5.94. The largest absolute Gasteiger partial charge is 0.482 e. The summed E-state index contributed by atoms with van der Waals surface area (Å²) in [6.45, 7) is 1.49. The van der Waals surface area contributed by atoms with E-state index in [-0.39, 0.29) is 18.2 Å². The van der Waals surface area contributed by atoms with Crippen molar-refractivity contribution < 1.29 is 14.6 Å². The molecule has 2 fully saturated rings. The molecule has 0 bridgehead atoms. The summed E-state index contributed by atoms with van der Waals surface area (Å²) in [5, 5.41) is 27.1. The van der Waals surface area contributed by atoms with Crippen molar-refractivity contribution in [1.82, 2.24) is 10.2 Å². The number of nitrogens with zero attached hydrogens (tertiary/aromatic N) is 4. The standard InChI is InChI=1S/C22H24ClN5O3/c23-18-8-16(5-4-15(18)10-24)31-22(6-2-1-3-7-22)17-9-19(26-27-20(17)21(25)30)28-11-14(12-28)13-29/h4-5,8-9,14,29H,1-3,6-7,11-13H2,(H2,25,30). The molecule has 4 rings (SSSR count). The van der Waals surface area contributed by atoms with Crippen LogP contribution in [0.25, 0.3) is 0 Å². The number of carbonyl (C=O) groups is 1. The Hall–Kier alpha value is -2.89. The molecule has 2 aliphatic rings. The van der Waals surface area contributed by atoms with Gasteiger partial charge in [0.25, 0.3) is 5.91 Å². The number of hydrogen-bond donors (Lipinski definition) is 2. The highest BCUT2D eigenvalue weighted by atomic mass is 35.5. The minimum Gasteiger partial charge on any atom is -0.482 e. The summed E-state index contributed by atoms with van der Waals surface area (Å²) < 4.78 is 6.50. The fourth-order valence-corrected chi connectivity index (χ4v) is 4.58. The first kappa shape index (κ1) is 21.3. The van der Waals surface area contributed by atoms with E-state index in [2.05, 4.69) is 10.2 Å². The van der Waals surface area contributed by atoms with Gasteiger partial charge in [0, 0.05) is 37.2 Å². The van der Waals surface area contributed by atoms with E-state index in [1.807, 2.05) is 17.0 Å². The highest BCUT2D eigenvalue weighted by Gasteiger charge is 2.41. The maximum atomic E-state index is 12.2. The molecular formula is C22H24ClN5O3. The lowest BCUT2D eigenvalue weighted by Crippen LogP contribution is -2.49. The number of amides is 1. The Balaban J connectivity index is 1.75. The maximum absolute atomic E-state index is 12.2. The van der Waals surface area contributed by atoms with Crippen LogP contribution in [0.15, 0.2) is 24.3 Å². The van der Waals surface area contributed by atoms with E-state index in [4.69, 9.17) is 27.3 Å². The number of aliphatic hydroxyl groups excluding tert-OH is 1. The molecule has 3 N–H and O–H groups in total. The van der Waals surface area contributed by atoms with E-state index in [1.165, 1.54) is 0 Å². The van der Waals surface area contributed by atoms with Crippen molar-refractivity contribution in [1.29, 1.82) is 5.26 Å². The number of rotatable bonds is 6. The zero-order valence-electron chi connectivity index (χ0n) is 17.1. The van der Waals surface area contributed by atoms with Crippen LogP contribution in [0, 0.1) is 17.2 Å². The number of ether oxygens (including phenoxy) is 1. The highest BCUT2D eigenvalue weighted by Crippen LogP contribution is 2.43. The van der Waals surface area contributed by atoms with Gasteiger partial charge < -0.3 is 20.5 Å². The van der Waals surface area contributed by atoms with Gasteiger partial charge in [0.05, 0.1) is 10.6 Å². The predicted octanol–water partition coefficient (Wildman–Crippen LogP) is 2.77. The van der Waals surface area contributed by atoms with Crippen molar-refractivity contribution in [2.45, 2.75) is 37.7 Å². The topological polar surface area (TPSA) is 125 Å². The van der Waals surface area contributed by atoms with Crippen molar-refractivity contribution in [3.05, 3.63) is 46.1 Å². The van der Waals surface area contributed by atoms with Gasteiger partial charge in [0.1, 0.15) is 17.4 Å². The Bertz CT molecular complexity index is 1030. The Morgan fingerprint density at radius 1 is 1.29 bits per heavy atom. The number of carbonyl (C=O) groups excluding carboxylic acids is 1. The number of aliphatic hydroxyl groups is 1. The van der Waals surface area contributed by atoms with Crippen LogP contribution in [0.5, 0.6) is 5.75 Å². The average molecular weight is 442 g/mol. The molecule has 1 aliphatic carbocycles. The molecule has 0 unspecified atom stereocenters. The molecule has 1 saturated heterocycles. The van der Waals surface area contributed by atoms with E-state index < -0.39 is 11.5 Å². The van der Waals surface area contributed by atoms with Gasteiger partial charge in [-0.3, -0.25) is 4.79 Å². The van der Waals surface area contributed by atoms with Crippen LogP contribution >= 0.6 is 11.6 Å². The number of anilines is 1. The normalized spacial score (nSPS) is 18.2. The quantitative estimate of drug-likeness (QED) is 0.705. The molecule has 1 aromatic heterocycles. The molecule has 31 heavy (non-hydrogen) atoms. The van der Waals surface area contributed by atoms with E-state index >= 15 is 0 Å². The van der Waals surface area contributed by atoms with Gasteiger partial charge in [0.2, 0.25) is 0 Å². The number of aromatic nitrogens is 2. The van der Waals surface area contributed by atoms with Crippen molar-refractivity contribution in [3.8, 4) is 11.8 Å². The molecule has 2 heterocycles. The molecule has 0 radical (unpaired) electrons. The summed E-state index contributed by atoms with van der Waals surface area (Å²) in [5.74, 6) is 0.708. The fourth-order valence-electron chi connectivity index (χ4n) is 4.36. The van der Waals surface area contributed by atoms with Gasteiger partial charge in [-0.2, -0.15) is 5.26 Å². The van der Waals surface area contributed by atoms with Crippen molar-refractivity contribution >= 4 is 23.3 Å². The molecule has 1 amide bonds. The number of hydrogen-bond acceptors (Lipinski definition) is 7. The van der Waals surface area contributed by atoms with Crippen molar-refractivity contribution in [3.63, 3.8) is 0 Å². The van der Waals surface area contributed by atoms with Gasteiger partial charge >= 0.3 is 0 Å². The van der Waals surface area contributed by atoms with Crippen LogP contribution in [0.1, 0.15) is 53.7 Å². The van der Waals surface area contributed by atoms with Gasteiger partial charge in [-0.05, 0) is 43.9 Å². The summed E-state index contributed by atoms with van der Waals surface area (Å²) in [4.78, 5) is 14.2. The number of halogens is 1. The third kappa shape index (κ3) is 4.16. The van der Waals surface area contributed by atoms with E-state index in [0.717, 1.165) is 19.3 Å². The third-order valence-corrected chi connectivity index (χ3v) is 6.39. The molecule has 1 aromatic carbocycles. The van der Waals surface area contributed by atoms with E-state index in [0.29, 0.717) is 53.6 Å². The summed E-state index contributed by atoms with van der Waals surface area (Å²) in [7, 11) is 0. The minimum absolute atomic E-state index is 0.102. The molecule has 2 aromatic rings. The second kappa shape index (κ2) is 8.69. The lowest BCUT2D eigenvalue weighted by Gasteiger charge is -2.41. The van der Waals surface area contributed by atoms with Crippen LogP contribution in [0.2, 0.25) is 5.02 Å². The molecular weight excluding hydrogens is 418 g/mol. The number of primary amides is 1. The zero-order valence-corrected chi connectivity index (χ0v) is 17.8. The average Bonchev–Trinajstić information content (AvgIpc) is 2.73. The first-order chi connectivity index (χ1) is 15.0. The van der Waals surface area contributed by atoms with E-state index in [1.54, 1.807) is 18.2 Å². The molecule has 9 heteroatoms. The zero-order chi connectivity index (χ0) is 22.0. The maximum Gasteiger partial charge on any atom is 0.269 e. The van der Waals surface area contributed by atoms with Gasteiger partial charge in [-0.15, -0.1) is 10.2 Å². The third-order valence-electron chi connectivity index (χ3n) is 6.08. The lowest BCUT2D eigenvalue weighted by atomic mass is 9.78. The Labute approximate surface area is 185 Å². The molecule has 1 saturated carbocycles. The summed E-state index contributed by atoms with van der Waals surface area (Å²) in [6.07, 6.45) is 4.30. The van der Waals surface area contributed by atoms with Crippen LogP contribution in [0.3, 0.4) is 0 Å². The molecule has 8 nitrogen and oxygen atoms in total. The van der Waals surface area contributed by atoms with Gasteiger partial charge in [-0.1, -0.05) is 18.0 Å². The Morgan fingerprint density at radius 3 is 2.65 bits per heavy atom. The smallest absolute Gasteiger partial charge is 0.269 e. The number of nitriles is 1. The highest BCUT2D eigenvalue weighted by molar-refractivity contribution is 6.31. The van der Waals surface area contributed by atoms with Crippen LogP contribution < -0.4 is 15.4 Å². The number of nitrogens with two attached hydrogens (primary N) is 1. The lowest BCUT2D eigenvalue weighted by molar-refractivity contribution is 0.0249.